The lowest BCUT2D eigenvalue weighted by Crippen LogP contribution is -2.71. The van der Waals surface area contributed by atoms with Gasteiger partial charge in [0.2, 0.25) is 0 Å². The summed E-state index contributed by atoms with van der Waals surface area (Å²) in [6, 6.07) is 0. The number of carboxylic acids is 1. The molecular formula is C27H36N4O4. The molecule has 0 aromatic carbocycles. The Labute approximate surface area is 206 Å². The van der Waals surface area contributed by atoms with Crippen molar-refractivity contribution in [1.29, 1.82) is 0 Å². The van der Waals surface area contributed by atoms with Crippen LogP contribution in [0.5, 0.6) is 0 Å². The van der Waals surface area contributed by atoms with Gasteiger partial charge in [-0.3, -0.25) is 9.79 Å². The van der Waals surface area contributed by atoms with E-state index in [0.29, 0.717) is 31.9 Å². The molecule has 7 atom stereocenters. The zero-order chi connectivity index (χ0) is 24.8. The van der Waals surface area contributed by atoms with Gasteiger partial charge in [-0.05, 0) is 56.6 Å². The van der Waals surface area contributed by atoms with Crippen molar-refractivity contribution in [3.05, 3.63) is 35.6 Å². The molecule has 3 fully saturated rings. The number of aliphatic carboxylic acids is 1. The number of aliphatic imine (C=N–C) groups is 1. The number of carboxylic acid groups (broad SMARTS) is 1. The molecule has 1 heterocycles. The lowest BCUT2D eigenvalue weighted by Gasteiger charge is -2.69. The van der Waals surface area contributed by atoms with Crippen LogP contribution in [0.1, 0.15) is 44.9 Å². The van der Waals surface area contributed by atoms with Crippen LogP contribution in [0, 0.1) is 34.0 Å². The van der Waals surface area contributed by atoms with Gasteiger partial charge < -0.3 is 26.2 Å². The summed E-state index contributed by atoms with van der Waals surface area (Å²) in [5, 5.41) is 26.2. The van der Waals surface area contributed by atoms with Gasteiger partial charge >= 0.3 is 5.97 Å². The van der Waals surface area contributed by atoms with Crippen LogP contribution in [0.15, 0.2) is 40.6 Å². The predicted molar refractivity (Wildman–Crippen MR) is 131 cm³/mol. The minimum Gasteiger partial charge on any atom is -0.478 e. The number of nitrogens with two attached hydrogens (primary N) is 1. The maximum atomic E-state index is 13.7. The molecule has 188 valence electrons. The number of nitrogens with one attached hydrogen (secondary N) is 1. The second kappa shape index (κ2) is 7.29. The first-order valence-electron chi connectivity index (χ1n) is 13.0. The summed E-state index contributed by atoms with van der Waals surface area (Å²) in [6.07, 6.45) is 13.8. The maximum Gasteiger partial charge on any atom is 0.334 e. The van der Waals surface area contributed by atoms with Gasteiger partial charge in [0.15, 0.2) is 17.3 Å². The van der Waals surface area contributed by atoms with Gasteiger partial charge in [0, 0.05) is 54.9 Å². The van der Waals surface area contributed by atoms with Gasteiger partial charge in [0.1, 0.15) is 0 Å². The monoisotopic (exact) mass is 480 g/mol. The second-order valence-corrected chi connectivity index (χ2v) is 11.5. The molecule has 8 nitrogen and oxygen atoms in total. The molecule has 2 spiro atoms. The normalized spacial score (nSPS) is 45.8. The SMILES string of the molecule is CN=C(N)N1C=CC2(CNC)C=CC3C4(O)C(=O)CCCCC5CCC6CC(=C4C(=O)O)C53C62C1. The van der Waals surface area contributed by atoms with E-state index in [-0.39, 0.29) is 35.0 Å². The Hall–Kier alpha value is -2.45. The fraction of sp³-hybridized carbons (Fsp3) is 0.667. The van der Waals surface area contributed by atoms with Crippen LogP contribution in [-0.2, 0) is 9.59 Å². The van der Waals surface area contributed by atoms with E-state index >= 15 is 0 Å². The second-order valence-electron chi connectivity index (χ2n) is 11.5. The van der Waals surface area contributed by atoms with Crippen LogP contribution in [0.4, 0.5) is 0 Å². The van der Waals surface area contributed by atoms with Gasteiger partial charge in [0.25, 0.3) is 0 Å². The maximum absolute atomic E-state index is 13.7. The van der Waals surface area contributed by atoms with Gasteiger partial charge in [-0.2, -0.15) is 0 Å². The van der Waals surface area contributed by atoms with E-state index in [2.05, 4.69) is 22.5 Å². The molecule has 0 aromatic heterocycles. The molecule has 0 aromatic rings. The van der Waals surface area contributed by atoms with Crippen LogP contribution in [0.25, 0.3) is 0 Å². The number of allylic oxidation sites excluding steroid dienone is 1. The first-order valence-corrected chi connectivity index (χ1v) is 13.0. The fourth-order valence-electron chi connectivity index (χ4n) is 9.86. The average molecular weight is 481 g/mol. The number of guanidine groups is 1. The average Bonchev–Trinajstić information content (AvgIpc) is 3.18. The number of nitrogens with zero attached hydrogens (tertiary/aromatic N) is 2. The number of aliphatic hydroxyl groups is 1. The van der Waals surface area contributed by atoms with Crippen LogP contribution >= 0.6 is 0 Å². The van der Waals surface area contributed by atoms with Crippen molar-refractivity contribution in [2.45, 2.75) is 50.5 Å². The first kappa shape index (κ1) is 23.0. The van der Waals surface area contributed by atoms with E-state index in [0.717, 1.165) is 31.3 Å². The Bertz CT molecular complexity index is 1130. The highest BCUT2D eigenvalue weighted by molar-refractivity contribution is 6.05. The van der Waals surface area contributed by atoms with Crippen molar-refractivity contribution in [1.82, 2.24) is 10.2 Å². The van der Waals surface area contributed by atoms with E-state index in [4.69, 9.17) is 5.73 Å². The number of carbonyl (C=O) groups excluding carboxylic acids is 1. The smallest absolute Gasteiger partial charge is 0.334 e. The van der Waals surface area contributed by atoms with Gasteiger partial charge in [0.05, 0.1) is 5.57 Å². The molecule has 0 amide bonds. The minimum absolute atomic E-state index is 0.0219. The van der Waals surface area contributed by atoms with E-state index in [1.54, 1.807) is 7.05 Å². The third kappa shape index (κ3) is 2.34. The molecule has 35 heavy (non-hydrogen) atoms. The van der Waals surface area contributed by atoms with E-state index < -0.39 is 28.3 Å². The van der Waals surface area contributed by atoms with Crippen molar-refractivity contribution < 1.29 is 19.8 Å². The number of hydrogen-bond donors (Lipinski definition) is 4. The van der Waals surface area contributed by atoms with Crippen molar-refractivity contribution in [3.8, 4) is 0 Å². The summed E-state index contributed by atoms with van der Waals surface area (Å²) < 4.78 is 0. The summed E-state index contributed by atoms with van der Waals surface area (Å²) in [5.74, 6) is -1.21. The van der Waals surface area contributed by atoms with Crippen molar-refractivity contribution >= 4 is 17.7 Å². The Morgan fingerprint density at radius 1 is 1.26 bits per heavy atom. The highest BCUT2D eigenvalue weighted by Crippen LogP contribution is 2.83. The summed E-state index contributed by atoms with van der Waals surface area (Å²) >= 11 is 0. The summed E-state index contributed by atoms with van der Waals surface area (Å²) in [4.78, 5) is 32.8. The van der Waals surface area contributed by atoms with Crippen LogP contribution in [0.3, 0.4) is 0 Å². The molecule has 0 radical (unpaired) electrons. The highest BCUT2D eigenvalue weighted by atomic mass is 16.4. The zero-order valence-electron chi connectivity index (χ0n) is 20.6. The van der Waals surface area contributed by atoms with Crippen LogP contribution in [-0.4, -0.2) is 65.6 Å². The summed E-state index contributed by atoms with van der Waals surface area (Å²) in [5.41, 5.74) is 3.78. The Balaban J connectivity index is 1.74. The molecule has 6 aliphatic rings. The molecule has 1 aliphatic heterocycles. The predicted octanol–water partition coefficient (Wildman–Crippen LogP) is 1.82. The number of ketones is 1. The van der Waals surface area contributed by atoms with Crippen molar-refractivity contribution in [3.63, 3.8) is 0 Å². The molecular weight excluding hydrogens is 444 g/mol. The highest BCUT2D eigenvalue weighted by Gasteiger charge is 2.83. The molecule has 5 N–H and O–H groups in total. The third-order valence-electron chi connectivity index (χ3n) is 10.7. The molecule has 8 heteroatoms. The van der Waals surface area contributed by atoms with Gasteiger partial charge in [-0.1, -0.05) is 24.6 Å². The van der Waals surface area contributed by atoms with Crippen LogP contribution < -0.4 is 11.1 Å². The summed E-state index contributed by atoms with van der Waals surface area (Å²) in [6.45, 7) is 1.29. The zero-order valence-corrected chi connectivity index (χ0v) is 20.6. The van der Waals surface area contributed by atoms with Gasteiger partial charge in [-0.15, -0.1) is 0 Å². The number of rotatable bonds is 3. The fourth-order valence-corrected chi connectivity index (χ4v) is 9.86. The molecule has 0 saturated heterocycles. The summed E-state index contributed by atoms with van der Waals surface area (Å²) in [7, 11) is 3.63. The molecule has 3 saturated carbocycles. The number of Topliss-reactive ketones (excluding diaryl/α,β-unsaturated/α-hetero) is 1. The Morgan fingerprint density at radius 3 is 2.74 bits per heavy atom. The molecule has 5 aliphatic carbocycles. The largest absolute Gasteiger partial charge is 0.478 e. The topological polar surface area (TPSA) is 128 Å². The minimum atomic E-state index is -1.99. The molecule has 7 unspecified atom stereocenters. The first-order chi connectivity index (χ1) is 16.7. The van der Waals surface area contributed by atoms with E-state index in [1.807, 2.05) is 24.2 Å². The number of carbonyl (C=O) groups is 2. The third-order valence-corrected chi connectivity index (χ3v) is 10.7. The molecule has 6 rings (SSSR count). The lowest BCUT2D eigenvalue weighted by atomic mass is 9.36. The van der Waals surface area contributed by atoms with E-state index in [9.17, 15) is 19.8 Å². The van der Waals surface area contributed by atoms with Gasteiger partial charge in [-0.25, -0.2) is 4.79 Å². The Morgan fingerprint density at radius 2 is 2.03 bits per heavy atom. The number of hydrogen-bond acceptors (Lipinski definition) is 5. The molecule has 3 bridgehead atoms. The lowest BCUT2D eigenvalue weighted by molar-refractivity contribution is -0.174. The van der Waals surface area contributed by atoms with E-state index in [1.165, 1.54) is 0 Å². The van der Waals surface area contributed by atoms with Crippen LogP contribution in [0.2, 0.25) is 0 Å². The van der Waals surface area contributed by atoms with Crippen molar-refractivity contribution in [2.24, 2.45) is 44.7 Å². The Kier molecular flexibility index (Phi) is 4.79. The standard InChI is InChI=1S/C27H36N4O4/c1-29-14-24-10-9-19-26-16-5-3-4-6-20(32)27(19,35)21(22(33)34)18(26)13-17(8-7-16)25(24,26)15-31(12-11-24)23(28)30-2/h9-12,16-17,19,29,35H,3-8,13-15H2,1-2H3,(H2,28,30)(H,33,34). The van der Waals surface area contributed by atoms with Crippen molar-refractivity contribution in [2.75, 3.05) is 27.2 Å². The quantitative estimate of drug-likeness (QED) is 0.276.